The van der Waals surface area contributed by atoms with Crippen molar-refractivity contribution < 1.29 is 28.2 Å². The van der Waals surface area contributed by atoms with E-state index in [4.69, 9.17) is 4.74 Å². The summed E-state index contributed by atoms with van der Waals surface area (Å²) >= 11 is 0. The Kier molecular flexibility index (Phi) is 7.79. The molecule has 7 nitrogen and oxygen atoms in total. The van der Waals surface area contributed by atoms with Crippen LogP contribution in [0, 0.1) is 11.6 Å². The van der Waals surface area contributed by atoms with E-state index in [0.29, 0.717) is 44.0 Å². The average Bonchev–Trinajstić information content (AvgIpc) is 2.93. The molecular weight excluding hydrogens is 504 g/mol. The maximum atomic E-state index is 14.9. The number of benzene rings is 3. The number of morpholine rings is 1. The molecule has 0 bridgehead atoms. The third-order valence-corrected chi connectivity index (χ3v) is 6.79. The van der Waals surface area contributed by atoms with Gasteiger partial charge in [0.1, 0.15) is 23.2 Å². The highest BCUT2D eigenvalue weighted by Gasteiger charge is 2.26. The number of nitrogens with zero attached hydrogens (tertiary/aromatic N) is 2. The molecule has 9 heteroatoms. The third kappa shape index (κ3) is 6.04. The second-order valence-electron chi connectivity index (χ2n) is 9.43. The van der Waals surface area contributed by atoms with E-state index >= 15 is 0 Å². The van der Waals surface area contributed by atoms with Gasteiger partial charge in [-0.25, -0.2) is 13.6 Å². The van der Waals surface area contributed by atoms with Gasteiger partial charge in [-0.1, -0.05) is 48.5 Å². The molecule has 0 aliphatic carbocycles. The number of carbonyl (C=O) groups excluding carboxylic acids is 1. The van der Waals surface area contributed by atoms with Gasteiger partial charge in [0.25, 0.3) is 5.91 Å². The van der Waals surface area contributed by atoms with E-state index in [-0.39, 0.29) is 6.42 Å². The number of rotatable bonds is 8. The van der Waals surface area contributed by atoms with Crippen LogP contribution in [0.2, 0.25) is 0 Å². The van der Waals surface area contributed by atoms with Crippen LogP contribution in [0.25, 0.3) is 10.8 Å². The third-order valence-electron chi connectivity index (χ3n) is 6.79. The second-order valence-corrected chi connectivity index (χ2v) is 9.43. The molecule has 200 valence electrons. The summed E-state index contributed by atoms with van der Waals surface area (Å²) in [5.41, 5.74) is 1.96. The van der Waals surface area contributed by atoms with Crippen LogP contribution in [0.4, 0.5) is 14.5 Å². The van der Waals surface area contributed by atoms with Crippen molar-refractivity contribution in [2.75, 3.05) is 31.2 Å². The van der Waals surface area contributed by atoms with Gasteiger partial charge in [0.15, 0.2) is 0 Å². The van der Waals surface area contributed by atoms with Crippen molar-refractivity contribution in [1.29, 1.82) is 0 Å². The fraction of sp³-hybridized carbons (Fsp3) is 0.233. The maximum absolute atomic E-state index is 14.9. The maximum Gasteiger partial charge on any atom is 0.326 e. The van der Waals surface area contributed by atoms with E-state index in [2.05, 4.69) is 10.3 Å². The lowest BCUT2D eigenvalue weighted by Gasteiger charge is -2.29. The molecule has 5 rings (SSSR count). The minimum absolute atomic E-state index is 0.0625. The molecule has 39 heavy (non-hydrogen) atoms. The summed E-state index contributed by atoms with van der Waals surface area (Å²) in [5, 5.41) is 14.2. The summed E-state index contributed by atoms with van der Waals surface area (Å²) in [4.78, 5) is 31.1. The van der Waals surface area contributed by atoms with Crippen molar-refractivity contribution in [2.24, 2.45) is 0 Å². The Hall–Kier alpha value is -4.37. The van der Waals surface area contributed by atoms with Crippen LogP contribution in [0.3, 0.4) is 0 Å². The van der Waals surface area contributed by atoms with Crippen molar-refractivity contribution in [2.45, 2.75) is 18.9 Å². The molecule has 1 aromatic heterocycles. The van der Waals surface area contributed by atoms with E-state index in [1.807, 2.05) is 42.5 Å². The lowest BCUT2D eigenvalue weighted by Crippen LogP contribution is -2.43. The molecule has 2 heterocycles. The Bertz CT molecular complexity index is 1490. The number of carboxylic acids is 1. The number of pyridine rings is 1. The zero-order valence-electron chi connectivity index (χ0n) is 21.1. The number of carbonyl (C=O) groups is 2. The summed E-state index contributed by atoms with van der Waals surface area (Å²) in [6, 6.07) is 18.0. The molecule has 1 unspecified atom stereocenters. The fourth-order valence-electron chi connectivity index (χ4n) is 4.83. The lowest BCUT2D eigenvalue weighted by atomic mass is 9.99. The van der Waals surface area contributed by atoms with Crippen LogP contribution in [0.1, 0.15) is 27.2 Å². The molecule has 0 saturated carbocycles. The number of hydrogen-bond acceptors (Lipinski definition) is 5. The van der Waals surface area contributed by atoms with Crippen molar-refractivity contribution in [3.8, 4) is 0 Å². The minimum Gasteiger partial charge on any atom is -0.480 e. The minimum atomic E-state index is -1.39. The van der Waals surface area contributed by atoms with E-state index in [9.17, 15) is 23.5 Å². The normalized spacial score (nSPS) is 14.3. The van der Waals surface area contributed by atoms with Crippen LogP contribution in [0.15, 0.2) is 72.9 Å². The highest BCUT2D eigenvalue weighted by Crippen LogP contribution is 2.24. The van der Waals surface area contributed by atoms with Crippen LogP contribution >= 0.6 is 0 Å². The van der Waals surface area contributed by atoms with Gasteiger partial charge in [-0.2, -0.15) is 0 Å². The summed E-state index contributed by atoms with van der Waals surface area (Å²) in [6.07, 6.45) is 2.22. The Balaban J connectivity index is 1.31. The molecule has 0 radical (unpaired) electrons. The number of amides is 1. The van der Waals surface area contributed by atoms with Gasteiger partial charge in [-0.3, -0.25) is 9.78 Å². The fourth-order valence-corrected chi connectivity index (χ4v) is 4.83. The zero-order chi connectivity index (χ0) is 27.4. The summed E-state index contributed by atoms with van der Waals surface area (Å²) in [7, 11) is 0. The molecule has 1 fully saturated rings. The van der Waals surface area contributed by atoms with E-state index in [1.165, 1.54) is 0 Å². The van der Waals surface area contributed by atoms with Gasteiger partial charge in [-0.15, -0.1) is 0 Å². The predicted molar refractivity (Wildman–Crippen MR) is 143 cm³/mol. The zero-order valence-corrected chi connectivity index (χ0v) is 21.1. The van der Waals surface area contributed by atoms with Crippen LogP contribution in [0.5, 0.6) is 0 Å². The summed E-state index contributed by atoms with van der Waals surface area (Å²) < 4.78 is 35.0. The monoisotopic (exact) mass is 531 g/mol. The number of ether oxygens (including phenoxy) is 1. The molecular formula is C30H27F2N3O4. The molecule has 4 aromatic rings. The summed E-state index contributed by atoms with van der Waals surface area (Å²) in [6.45, 7) is 1.82. The number of carboxylic acid groups (broad SMARTS) is 1. The SMILES string of the molecule is O=C(NC(Cc1cccc(Cc2nccc3ccccc23)c1)C(=O)O)c1c(F)cc(N2CCOCC2)cc1F. The van der Waals surface area contributed by atoms with Crippen molar-refractivity contribution in [3.05, 3.63) is 107 Å². The number of aromatic nitrogens is 1. The Morgan fingerprint density at radius 2 is 1.69 bits per heavy atom. The first kappa shape index (κ1) is 26.2. The molecule has 1 aliphatic heterocycles. The van der Waals surface area contributed by atoms with Gasteiger partial charge in [0.2, 0.25) is 0 Å². The Morgan fingerprint density at radius 3 is 2.44 bits per heavy atom. The van der Waals surface area contributed by atoms with Gasteiger partial charge in [-0.05, 0) is 34.7 Å². The van der Waals surface area contributed by atoms with Crippen molar-refractivity contribution in [1.82, 2.24) is 10.3 Å². The van der Waals surface area contributed by atoms with Gasteiger partial charge in [0.05, 0.1) is 18.9 Å². The second kappa shape index (κ2) is 11.6. The molecule has 0 spiro atoms. The molecule has 2 N–H and O–H groups in total. The number of halogens is 2. The number of fused-ring (bicyclic) bond motifs is 1. The number of aliphatic carboxylic acids is 1. The highest BCUT2D eigenvalue weighted by atomic mass is 19.1. The lowest BCUT2D eigenvalue weighted by molar-refractivity contribution is -0.139. The predicted octanol–water partition coefficient (Wildman–Crippen LogP) is 4.37. The number of anilines is 1. The topological polar surface area (TPSA) is 91.8 Å². The molecule has 1 aliphatic rings. The first-order chi connectivity index (χ1) is 18.9. The van der Waals surface area contributed by atoms with Gasteiger partial charge < -0.3 is 20.1 Å². The smallest absolute Gasteiger partial charge is 0.326 e. The first-order valence-electron chi connectivity index (χ1n) is 12.6. The standard InChI is InChI=1S/C30H27F2N3O4/c31-24-17-22(35-10-12-39-13-11-35)18-25(32)28(24)29(36)34-27(30(37)38)16-20-5-3-4-19(14-20)15-26-23-7-2-1-6-21(23)8-9-33-26/h1-9,14,17-18,27H,10-13,15-16H2,(H,34,36)(H,37,38). The van der Waals surface area contributed by atoms with Gasteiger partial charge in [0, 0.05) is 43.2 Å². The summed E-state index contributed by atoms with van der Waals surface area (Å²) in [5.74, 6) is -4.54. The van der Waals surface area contributed by atoms with E-state index in [1.54, 1.807) is 23.2 Å². The molecule has 1 saturated heterocycles. The van der Waals surface area contributed by atoms with Gasteiger partial charge >= 0.3 is 5.97 Å². The quantitative estimate of drug-likeness (QED) is 0.351. The van der Waals surface area contributed by atoms with Crippen LogP contribution in [-0.4, -0.2) is 54.3 Å². The Morgan fingerprint density at radius 1 is 0.974 bits per heavy atom. The molecule has 3 aromatic carbocycles. The van der Waals surface area contributed by atoms with Crippen LogP contribution in [-0.2, 0) is 22.4 Å². The first-order valence-corrected chi connectivity index (χ1v) is 12.6. The molecule has 1 amide bonds. The number of hydrogen-bond donors (Lipinski definition) is 2. The largest absolute Gasteiger partial charge is 0.480 e. The average molecular weight is 532 g/mol. The van der Waals surface area contributed by atoms with Crippen LogP contribution < -0.4 is 10.2 Å². The van der Waals surface area contributed by atoms with E-state index < -0.39 is 35.1 Å². The van der Waals surface area contributed by atoms with Crippen molar-refractivity contribution in [3.63, 3.8) is 0 Å². The molecule has 1 atom stereocenters. The Labute approximate surface area is 224 Å². The number of nitrogens with one attached hydrogen (secondary N) is 1. The van der Waals surface area contributed by atoms with E-state index in [0.717, 1.165) is 34.2 Å². The van der Waals surface area contributed by atoms with Crippen molar-refractivity contribution >= 4 is 28.3 Å². The highest BCUT2D eigenvalue weighted by molar-refractivity contribution is 5.97.